The Hall–Kier alpha value is -1.51. The minimum absolute atomic E-state index is 0.581. The molecule has 0 spiro atoms. The van der Waals surface area contributed by atoms with Gasteiger partial charge in [0.25, 0.3) is 0 Å². The van der Waals surface area contributed by atoms with Crippen molar-refractivity contribution in [3.8, 4) is 0 Å². The first-order valence-electron chi connectivity index (χ1n) is 6.36. The van der Waals surface area contributed by atoms with Crippen LogP contribution >= 0.6 is 0 Å². The van der Waals surface area contributed by atoms with E-state index in [1.54, 1.807) is 0 Å². The van der Waals surface area contributed by atoms with E-state index in [1.807, 2.05) is 7.05 Å². The number of guanidine groups is 1. The average Bonchev–Trinajstić information content (AvgIpc) is 3.13. The van der Waals surface area contributed by atoms with Crippen molar-refractivity contribution in [2.75, 3.05) is 13.6 Å². The molecule has 0 bridgehead atoms. The molecule has 1 aromatic rings. The Bertz CT molecular complexity index is 449. The summed E-state index contributed by atoms with van der Waals surface area (Å²) in [5.41, 5.74) is 8.91. The first-order valence-corrected chi connectivity index (χ1v) is 6.36. The van der Waals surface area contributed by atoms with Gasteiger partial charge in [-0.3, -0.25) is 4.99 Å². The third-order valence-electron chi connectivity index (χ3n) is 3.89. The molecule has 0 radical (unpaired) electrons. The van der Waals surface area contributed by atoms with Crippen LogP contribution in [0.2, 0.25) is 0 Å². The molecule has 3 nitrogen and oxygen atoms in total. The smallest absolute Gasteiger partial charge is 0.191 e. The van der Waals surface area contributed by atoms with Gasteiger partial charge in [-0.05, 0) is 30.4 Å². The summed E-state index contributed by atoms with van der Waals surface area (Å²) in [5.74, 6) is 1.29. The molecule has 1 atom stereocenters. The fourth-order valence-electron chi connectivity index (χ4n) is 2.49. The molecule has 90 valence electrons. The number of fused-ring (bicyclic) bond motifs is 1. The average molecular weight is 229 g/mol. The number of hydrogen-bond acceptors (Lipinski definition) is 1. The number of aliphatic imine (C=N–C) groups is 1. The second-order valence-electron chi connectivity index (χ2n) is 5.14. The number of nitrogens with zero attached hydrogens (tertiary/aromatic N) is 2. The lowest BCUT2D eigenvalue weighted by Gasteiger charge is -2.29. The van der Waals surface area contributed by atoms with E-state index in [0.29, 0.717) is 17.9 Å². The molecule has 1 saturated carbocycles. The van der Waals surface area contributed by atoms with Crippen molar-refractivity contribution in [2.24, 2.45) is 10.7 Å². The number of rotatable bonds is 3. The van der Waals surface area contributed by atoms with Gasteiger partial charge in [0.2, 0.25) is 0 Å². The van der Waals surface area contributed by atoms with E-state index in [4.69, 9.17) is 5.73 Å². The maximum atomic E-state index is 5.98. The van der Waals surface area contributed by atoms with Crippen molar-refractivity contribution in [3.63, 3.8) is 0 Å². The van der Waals surface area contributed by atoms with Crippen LogP contribution in [0.3, 0.4) is 0 Å². The van der Waals surface area contributed by atoms with Crippen LogP contribution in [-0.2, 0) is 6.42 Å². The Kier molecular flexibility index (Phi) is 2.54. The second-order valence-corrected chi connectivity index (χ2v) is 5.14. The fourth-order valence-corrected chi connectivity index (χ4v) is 2.49. The van der Waals surface area contributed by atoms with Crippen LogP contribution in [0.1, 0.15) is 29.9 Å². The first-order chi connectivity index (χ1) is 8.25. The molecule has 3 heteroatoms. The van der Waals surface area contributed by atoms with E-state index in [9.17, 15) is 0 Å². The molecule has 3 rings (SSSR count). The van der Waals surface area contributed by atoms with E-state index in [-0.39, 0.29) is 0 Å². The number of nitrogens with two attached hydrogens (primary N) is 1. The van der Waals surface area contributed by atoms with Crippen LogP contribution < -0.4 is 5.73 Å². The van der Waals surface area contributed by atoms with E-state index in [1.165, 1.54) is 24.0 Å². The van der Waals surface area contributed by atoms with E-state index in [0.717, 1.165) is 13.0 Å². The topological polar surface area (TPSA) is 41.6 Å². The molecule has 2 aliphatic rings. The first kappa shape index (κ1) is 10.6. The van der Waals surface area contributed by atoms with E-state index >= 15 is 0 Å². The Labute approximate surface area is 102 Å². The summed E-state index contributed by atoms with van der Waals surface area (Å²) in [4.78, 5) is 6.64. The van der Waals surface area contributed by atoms with Crippen molar-refractivity contribution in [1.82, 2.24) is 4.90 Å². The van der Waals surface area contributed by atoms with Gasteiger partial charge in [0, 0.05) is 25.6 Å². The van der Waals surface area contributed by atoms with Crippen molar-refractivity contribution in [3.05, 3.63) is 35.4 Å². The van der Waals surface area contributed by atoms with Gasteiger partial charge < -0.3 is 10.6 Å². The maximum Gasteiger partial charge on any atom is 0.191 e. The van der Waals surface area contributed by atoms with Crippen molar-refractivity contribution < 1.29 is 0 Å². The summed E-state index contributed by atoms with van der Waals surface area (Å²) >= 11 is 0. The molecule has 0 aromatic heterocycles. The molecule has 2 N–H and O–H groups in total. The lowest BCUT2D eigenvalue weighted by Crippen LogP contribution is -2.36. The van der Waals surface area contributed by atoms with Gasteiger partial charge in [-0.25, -0.2) is 0 Å². The summed E-state index contributed by atoms with van der Waals surface area (Å²) in [7, 11) is 2.05. The van der Waals surface area contributed by atoms with Crippen LogP contribution in [0, 0.1) is 0 Å². The van der Waals surface area contributed by atoms with Gasteiger partial charge in [0.1, 0.15) is 0 Å². The molecular weight excluding hydrogens is 210 g/mol. The lowest BCUT2D eigenvalue weighted by atomic mass is 9.78. The van der Waals surface area contributed by atoms with Gasteiger partial charge in [-0.2, -0.15) is 0 Å². The zero-order chi connectivity index (χ0) is 11.8. The predicted octanol–water partition coefficient (Wildman–Crippen LogP) is 1.74. The third-order valence-corrected chi connectivity index (χ3v) is 3.89. The number of hydrogen-bond donors (Lipinski definition) is 1. The fraction of sp³-hybridized carbons (Fsp3) is 0.500. The third kappa shape index (κ3) is 2.02. The zero-order valence-electron chi connectivity index (χ0n) is 10.3. The summed E-state index contributed by atoms with van der Waals surface area (Å²) in [5, 5.41) is 0. The quantitative estimate of drug-likeness (QED) is 0.633. The van der Waals surface area contributed by atoms with Gasteiger partial charge in [0.15, 0.2) is 5.96 Å². The summed E-state index contributed by atoms with van der Waals surface area (Å²) < 4.78 is 0. The molecule has 1 unspecified atom stereocenters. The zero-order valence-corrected chi connectivity index (χ0v) is 10.3. The minimum Gasteiger partial charge on any atom is -0.370 e. The molecule has 17 heavy (non-hydrogen) atoms. The highest BCUT2D eigenvalue weighted by atomic mass is 15.3. The van der Waals surface area contributed by atoms with Crippen LogP contribution in [0.15, 0.2) is 29.3 Å². The summed E-state index contributed by atoms with van der Waals surface area (Å²) in [6, 6.07) is 9.27. The highest BCUT2D eigenvalue weighted by Crippen LogP contribution is 2.34. The molecule has 2 aliphatic carbocycles. The molecule has 1 aromatic carbocycles. The standard InChI is InChI=1S/C14H19N3/c1-17(12-6-7-12)14(15)16-9-11-8-10-4-2-3-5-13(10)11/h2-5,11-12H,6-9H2,1H3,(H2,15,16). The van der Waals surface area contributed by atoms with Crippen molar-refractivity contribution in [2.45, 2.75) is 31.2 Å². The highest BCUT2D eigenvalue weighted by molar-refractivity contribution is 5.78. The molecular formula is C14H19N3. The van der Waals surface area contributed by atoms with Crippen LogP contribution in [-0.4, -0.2) is 30.5 Å². The molecule has 0 heterocycles. The largest absolute Gasteiger partial charge is 0.370 e. The number of benzene rings is 1. The molecule has 1 fully saturated rings. The lowest BCUT2D eigenvalue weighted by molar-refractivity contribution is 0.484. The van der Waals surface area contributed by atoms with Crippen molar-refractivity contribution in [1.29, 1.82) is 0 Å². The SMILES string of the molecule is CN(C(N)=NCC1Cc2ccccc21)C1CC1. The molecule has 0 aliphatic heterocycles. The highest BCUT2D eigenvalue weighted by Gasteiger charge is 2.28. The van der Waals surface area contributed by atoms with Crippen LogP contribution in [0.5, 0.6) is 0 Å². The summed E-state index contributed by atoms with van der Waals surface area (Å²) in [6.45, 7) is 0.833. The molecule has 0 amide bonds. The van der Waals surface area contributed by atoms with E-state index in [2.05, 4.69) is 34.2 Å². The van der Waals surface area contributed by atoms with Crippen LogP contribution in [0.4, 0.5) is 0 Å². The Balaban J connectivity index is 1.60. The van der Waals surface area contributed by atoms with E-state index < -0.39 is 0 Å². The van der Waals surface area contributed by atoms with Crippen LogP contribution in [0.25, 0.3) is 0 Å². The Morgan fingerprint density at radius 2 is 2.18 bits per heavy atom. The van der Waals surface area contributed by atoms with Crippen molar-refractivity contribution >= 4 is 5.96 Å². The predicted molar refractivity (Wildman–Crippen MR) is 70.2 cm³/mol. The second kappa shape index (κ2) is 4.06. The Morgan fingerprint density at radius 1 is 1.41 bits per heavy atom. The Morgan fingerprint density at radius 3 is 2.88 bits per heavy atom. The summed E-state index contributed by atoms with van der Waals surface area (Å²) in [6.07, 6.45) is 3.68. The monoisotopic (exact) mass is 229 g/mol. The normalized spacial score (nSPS) is 22.9. The van der Waals surface area contributed by atoms with Gasteiger partial charge in [-0.1, -0.05) is 24.3 Å². The minimum atomic E-state index is 0.581. The van der Waals surface area contributed by atoms with Gasteiger partial charge >= 0.3 is 0 Å². The van der Waals surface area contributed by atoms with Gasteiger partial charge in [-0.15, -0.1) is 0 Å². The maximum absolute atomic E-state index is 5.98. The van der Waals surface area contributed by atoms with Gasteiger partial charge in [0.05, 0.1) is 0 Å². The molecule has 0 saturated heterocycles.